The van der Waals surface area contributed by atoms with Gasteiger partial charge in [0.1, 0.15) is 0 Å². The highest BCUT2D eigenvalue weighted by atomic mass is 33.1. The average molecular weight is 221 g/mol. The van der Waals surface area contributed by atoms with Crippen molar-refractivity contribution < 1.29 is 4.79 Å². The molecule has 0 aliphatic heterocycles. The van der Waals surface area contributed by atoms with Gasteiger partial charge in [0.15, 0.2) is 0 Å². The fourth-order valence-electron chi connectivity index (χ4n) is 0.914. The Morgan fingerprint density at radius 3 is 2.31 bits per heavy atom. The summed E-state index contributed by atoms with van der Waals surface area (Å²) in [6.07, 6.45) is 2.01. The third-order valence-electron chi connectivity index (χ3n) is 1.90. The van der Waals surface area contributed by atoms with Crippen LogP contribution in [0, 0.1) is 5.92 Å². The van der Waals surface area contributed by atoms with Crippen LogP contribution in [0.3, 0.4) is 0 Å². The normalized spacial score (nSPS) is 13.1. The van der Waals surface area contributed by atoms with Crippen LogP contribution in [-0.4, -0.2) is 35.9 Å². The summed E-state index contributed by atoms with van der Waals surface area (Å²) < 4.78 is 0. The first-order valence-corrected chi connectivity index (χ1v) is 7.11. The topological polar surface area (TPSA) is 20.3 Å². The fraction of sp³-hybridized carbons (Fsp3) is 0.889. The van der Waals surface area contributed by atoms with E-state index in [1.165, 1.54) is 0 Å². The van der Waals surface area contributed by atoms with Gasteiger partial charge in [0.25, 0.3) is 0 Å². The maximum atomic E-state index is 11.8. The number of carbonyl (C=O) groups is 1. The predicted molar refractivity (Wildman–Crippen MR) is 63.0 cm³/mol. The maximum Gasteiger partial charge on any atom is 0.236 e. The number of nitrogens with zero attached hydrogens (tertiary/aromatic N) is 1. The summed E-state index contributed by atoms with van der Waals surface area (Å²) in [6, 6.07) is 0. The zero-order valence-corrected chi connectivity index (χ0v) is 10.7. The molecule has 1 atom stereocenters. The van der Waals surface area contributed by atoms with Crippen molar-refractivity contribution in [2.45, 2.75) is 26.0 Å². The summed E-state index contributed by atoms with van der Waals surface area (Å²) in [5, 5.41) is 0.0972. The highest BCUT2D eigenvalue weighted by molar-refractivity contribution is 8.76. The van der Waals surface area contributed by atoms with Gasteiger partial charge in [0, 0.05) is 13.6 Å². The Balaban J connectivity index is 4.27. The molecule has 0 fully saturated rings. The quantitative estimate of drug-likeness (QED) is 0.665. The van der Waals surface area contributed by atoms with Crippen LogP contribution < -0.4 is 0 Å². The van der Waals surface area contributed by atoms with Gasteiger partial charge in [-0.1, -0.05) is 35.4 Å². The molecule has 0 aromatic rings. The summed E-state index contributed by atoms with van der Waals surface area (Å²) in [6.45, 7) is 6.97. The van der Waals surface area contributed by atoms with Gasteiger partial charge in [-0.25, -0.2) is 0 Å². The summed E-state index contributed by atoms with van der Waals surface area (Å²) in [5.74, 6) is 0.649. The number of carbonyl (C=O) groups excluding carboxylic acids is 1. The van der Waals surface area contributed by atoms with Gasteiger partial charge < -0.3 is 4.90 Å². The first kappa shape index (κ1) is 13.2. The molecule has 0 saturated carbocycles. The minimum atomic E-state index is 0.0972. The summed E-state index contributed by atoms with van der Waals surface area (Å²) in [7, 11) is 5.18. The van der Waals surface area contributed by atoms with Gasteiger partial charge in [-0.2, -0.15) is 0 Å². The van der Waals surface area contributed by atoms with Crippen LogP contribution in [0.4, 0.5) is 0 Å². The lowest BCUT2D eigenvalue weighted by Crippen LogP contribution is -2.36. The zero-order valence-electron chi connectivity index (χ0n) is 9.03. The Bertz CT molecular complexity index is 162. The minimum absolute atomic E-state index is 0.0972. The van der Waals surface area contributed by atoms with E-state index < -0.39 is 0 Å². The Morgan fingerprint density at radius 2 is 2.00 bits per heavy atom. The second-order valence-corrected chi connectivity index (χ2v) is 5.89. The monoisotopic (exact) mass is 221 g/mol. The van der Waals surface area contributed by atoms with Gasteiger partial charge >= 0.3 is 0 Å². The van der Waals surface area contributed by atoms with E-state index in [0.29, 0.717) is 5.92 Å². The van der Waals surface area contributed by atoms with Crippen molar-refractivity contribution in [1.82, 2.24) is 4.90 Å². The zero-order chi connectivity index (χ0) is 10.4. The Morgan fingerprint density at radius 1 is 1.46 bits per heavy atom. The van der Waals surface area contributed by atoms with E-state index in [4.69, 9.17) is 0 Å². The second-order valence-electron chi connectivity index (χ2n) is 3.28. The first-order valence-electron chi connectivity index (χ1n) is 4.49. The molecule has 1 amide bonds. The fourth-order valence-corrected chi connectivity index (χ4v) is 3.14. The Labute approximate surface area is 89.2 Å². The SMILES string of the molecule is CCN(C)C(=O)[C@@H](SSC)C(C)C. The molecule has 0 aliphatic rings. The van der Waals surface area contributed by atoms with Crippen LogP contribution in [0.5, 0.6) is 0 Å². The predicted octanol–water partition coefficient (Wildman–Crippen LogP) is 2.50. The summed E-state index contributed by atoms with van der Waals surface area (Å²) in [4.78, 5) is 13.6. The highest BCUT2D eigenvalue weighted by Gasteiger charge is 2.24. The molecule has 0 rings (SSSR count). The van der Waals surface area contributed by atoms with E-state index in [-0.39, 0.29) is 11.2 Å². The van der Waals surface area contributed by atoms with Crippen molar-refractivity contribution in [3.63, 3.8) is 0 Å². The standard InChI is InChI=1S/C9H19NOS2/c1-6-10(4)9(11)8(7(2)3)13-12-5/h7-8H,6H2,1-5H3/t8-/m0/s1. The number of hydrogen-bond acceptors (Lipinski definition) is 3. The molecule has 0 bridgehead atoms. The van der Waals surface area contributed by atoms with Crippen molar-refractivity contribution in [1.29, 1.82) is 0 Å². The lowest BCUT2D eigenvalue weighted by molar-refractivity contribution is -0.129. The van der Waals surface area contributed by atoms with E-state index in [1.54, 1.807) is 26.5 Å². The largest absolute Gasteiger partial charge is 0.345 e. The lowest BCUT2D eigenvalue weighted by atomic mass is 10.1. The molecule has 4 heteroatoms. The van der Waals surface area contributed by atoms with E-state index in [1.807, 2.05) is 20.2 Å². The van der Waals surface area contributed by atoms with Gasteiger partial charge in [-0.15, -0.1) is 0 Å². The molecule has 2 nitrogen and oxygen atoms in total. The molecule has 78 valence electrons. The molecule has 0 N–H and O–H groups in total. The Kier molecular flexibility index (Phi) is 6.68. The second kappa shape index (κ2) is 6.60. The lowest BCUT2D eigenvalue weighted by Gasteiger charge is -2.23. The van der Waals surface area contributed by atoms with Crippen LogP contribution >= 0.6 is 21.6 Å². The molecule has 0 aromatic heterocycles. The van der Waals surface area contributed by atoms with E-state index >= 15 is 0 Å². The molecular weight excluding hydrogens is 202 g/mol. The molecule has 0 unspecified atom stereocenters. The van der Waals surface area contributed by atoms with Crippen LogP contribution in [0.2, 0.25) is 0 Å². The first-order chi connectivity index (χ1) is 6.04. The van der Waals surface area contributed by atoms with Crippen LogP contribution in [0.1, 0.15) is 20.8 Å². The van der Waals surface area contributed by atoms with Gasteiger partial charge in [-0.05, 0) is 19.1 Å². The molecule has 0 heterocycles. The number of amides is 1. The summed E-state index contributed by atoms with van der Waals surface area (Å²) >= 11 is 0. The van der Waals surface area contributed by atoms with E-state index in [2.05, 4.69) is 13.8 Å². The van der Waals surface area contributed by atoms with Crippen molar-refractivity contribution in [3.8, 4) is 0 Å². The van der Waals surface area contributed by atoms with Crippen molar-refractivity contribution in [3.05, 3.63) is 0 Å². The minimum Gasteiger partial charge on any atom is -0.345 e. The van der Waals surface area contributed by atoms with Crippen molar-refractivity contribution in [2.24, 2.45) is 5.92 Å². The summed E-state index contributed by atoms with van der Waals surface area (Å²) in [5.41, 5.74) is 0. The van der Waals surface area contributed by atoms with Gasteiger partial charge in [0.05, 0.1) is 5.25 Å². The van der Waals surface area contributed by atoms with Crippen LogP contribution in [0.15, 0.2) is 0 Å². The Hall–Kier alpha value is 0.170. The molecule has 0 spiro atoms. The van der Waals surface area contributed by atoms with Crippen molar-refractivity contribution >= 4 is 27.5 Å². The molecule has 0 saturated heterocycles. The van der Waals surface area contributed by atoms with Gasteiger partial charge in [-0.3, -0.25) is 4.79 Å². The average Bonchev–Trinajstić information content (AvgIpc) is 2.11. The molecule has 0 aliphatic carbocycles. The maximum absolute atomic E-state index is 11.8. The molecule has 0 radical (unpaired) electrons. The van der Waals surface area contributed by atoms with Crippen LogP contribution in [-0.2, 0) is 4.79 Å². The number of rotatable bonds is 5. The van der Waals surface area contributed by atoms with E-state index in [9.17, 15) is 4.79 Å². The molecule has 13 heavy (non-hydrogen) atoms. The van der Waals surface area contributed by atoms with Gasteiger partial charge in [0.2, 0.25) is 5.91 Å². The number of hydrogen-bond donors (Lipinski definition) is 0. The third-order valence-corrected chi connectivity index (χ3v) is 4.24. The highest BCUT2D eigenvalue weighted by Crippen LogP contribution is 2.30. The van der Waals surface area contributed by atoms with Crippen molar-refractivity contribution in [2.75, 3.05) is 19.8 Å². The van der Waals surface area contributed by atoms with Crippen LogP contribution in [0.25, 0.3) is 0 Å². The third kappa shape index (κ3) is 4.27. The molecule has 0 aromatic carbocycles. The smallest absolute Gasteiger partial charge is 0.236 e. The van der Waals surface area contributed by atoms with E-state index in [0.717, 1.165) is 6.54 Å². The molecular formula is C9H19NOS2.